The number of likely N-dealkylation sites (N-methyl/N-ethyl adjacent to an activating group) is 1. The lowest BCUT2D eigenvalue weighted by atomic mass is 10.2. The highest BCUT2D eigenvalue weighted by molar-refractivity contribution is 7.99. The van der Waals surface area contributed by atoms with Gasteiger partial charge >= 0.3 is 0 Å². The normalized spacial score (nSPS) is 10.8. The molecule has 0 saturated heterocycles. The fourth-order valence-corrected chi connectivity index (χ4v) is 3.98. The van der Waals surface area contributed by atoms with Crippen LogP contribution in [0.2, 0.25) is 5.02 Å². The minimum atomic E-state index is 0.0307. The molecule has 1 amide bonds. The van der Waals surface area contributed by atoms with Crippen molar-refractivity contribution in [1.82, 2.24) is 10.3 Å². The topological polar surface area (TPSA) is 58.4 Å². The third-order valence-corrected chi connectivity index (χ3v) is 5.86. The van der Waals surface area contributed by atoms with Crippen LogP contribution in [0.25, 0.3) is 11.5 Å². The Balaban J connectivity index is 1.42. The molecular weight excluding hydrogens is 418 g/mol. The molecule has 0 spiro atoms. The maximum Gasteiger partial charge on any atom is 0.230 e. The second kappa shape index (κ2) is 11.1. The number of hydrogen-bond donors (Lipinski definition) is 1. The molecule has 1 aromatic heterocycles. The number of amides is 1. The number of carbonyl (C=O) groups excluding carboxylic acids is 1. The molecular formula is C23H26ClN3O2S. The quantitative estimate of drug-likeness (QED) is 0.468. The molecule has 0 saturated carbocycles. The zero-order valence-corrected chi connectivity index (χ0v) is 18.8. The van der Waals surface area contributed by atoms with Crippen LogP contribution in [0.3, 0.4) is 0 Å². The zero-order valence-electron chi connectivity index (χ0n) is 17.2. The van der Waals surface area contributed by atoms with Crippen molar-refractivity contribution in [2.24, 2.45) is 0 Å². The van der Waals surface area contributed by atoms with Gasteiger partial charge in [-0.15, -0.1) is 11.8 Å². The number of nitrogens with zero attached hydrogens (tertiary/aromatic N) is 2. The van der Waals surface area contributed by atoms with E-state index >= 15 is 0 Å². The lowest BCUT2D eigenvalue weighted by molar-refractivity contribution is -0.118. The van der Waals surface area contributed by atoms with Crippen molar-refractivity contribution < 1.29 is 9.21 Å². The molecule has 0 fully saturated rings. The van der Waals surface area contributed by atoms with E-state index in [4.69, 9.17) is 16.0 Å². The van der Waals surface area contributed by atoms with Crippen LogP contribution in [-0.4, -0.2) is 36.3 Å². The van der Waals surface area contributed by atoms with E-state index in [1.165, 1.54) is 17.4 Å². The summed E-state index contributed by atoms with van der Waals surface area (Å²) in [5.74, 6) is 2.39. The van der Waals surface area contributed by atoms with Crippen LogP contribution in [0.5, 0.6) is 0 Å². The number of rotatable bonds is 10. The number of halogens is 1. The highest BCUT2D eigenvalue weighted by atomic mass is 35.5. The van der Waals surface area contributed by atoms with Crippen LogP contribution >= 0.6 is 23.4 Å². The van der Waals surface area contributed by atoms with Gasteiger partial charge in [-0.05, 0) is 50.2 Å². The van der Waals surface area contributed by atoms with Crippen LogP contribution in [0, 0.1) is 6.92 Å². The van der Waals surface area contributed by atoms with Gasteiger partial charge in [-0.2, -0.15) is 0 Å². The molecule has 1 heterocycles. The minimum absolute atomic E-state index is 0.0307. The standard InChI is InChI=1S/C23H26ClN3O2S/c1-3-27(20-7-5-4-6-8-20)14-13-25-22(28)16-30-15-21-17(2)29-23(26-21)18-9-11-19(24)12-10-18/h4-12H,3,13-16H2,1-2H3,(H,25,28). The lowest BCUT2D eigenvalue weighted by Crippen LogP contribution is -2.35. The van der Waals surface area contributed by atoms with Crippen molar-refractivity contribution in [2.45, 2.75) is 19.6 Å². The Kier molecular flexibility index (Phi) is 8.22. The number of carbonyl (C=O) groups is 1. The van der Waals surface area contributed by atoms with Crippen molar-refractivity contribution in [3.8, 4) is 11.5 Å². The lowest BCUT2D eigenvalue weighted by Gasteiger charge is -2.23. The molecule has 5 nitrogen and oxygen atoms in total. The van der Waals surface area contributed by atoms with E-state index in [1.807, 2.05) is 49.4 Å². The van der Waals surface area contributed by atoms with Gasteiger partial charge in [-0.3, -0.25) is 4.79 Å². The summed E-state index contributed by atoms with van der Waals surface area (Å²) >= 11 is 7.46. The summed E-state index contributed by atoms with van der Waals surface area (Å²) < 4.78 is 5.77. The van der Waals surface area contributed by atoms with Crippen molar-refractivity contribution in [1.29, 1.82) is 0 Å². The first-order valence-electron chi connectivity index (χ1n) is 9.93. The van der Waals surface area contributed by atoms with Crippen LogP contribution in [0.4, 0.5) is 5.69 Å². The van der Waals surface area contributed by atoms with E-state index in [2.05, 4.69) is 34.3 Å². The smallest absolute Gasteiger partial charge is 0.230 e. The maximum absolute atomic E-state index is 12.2. The molecule has 158 valence electrons. The van der Waals surface area contributed by atoms with Crippen LogP contribution in [0.15, 0.2) is 59.0 Å². The van der Waals surface area contributed by atoms with Crippen LogP contribution < -0.4 is 10.2 Å². The third-order valence-electron chi connectivity index (χ3n) is 4.66. The van der Waals surface area contributed by atoms with Gasteiger partial charge in [0.05, 0.1) is 11.4 Å². The number of anilines is 1. The Morgan fingerprint density at radius 3 is 2.60 bits per heavy atom. The Hall–Kier alpha value is -2.44. The van der Waals surface area contributed by atoms with Crippen molar-refractivity contribution in [2.75, 3.05) is 30.3 Å². The van der Waals surface area contributed by atoms with Gasteiger partial charge in [0.2, 0.25) is 11.8 Å². The fourth-order valence-electron chi connectivity index (χ4n) is 3.01. The molecule has 0 aliphatic rings. The second-order valence-corrected chi connectivity index (χ2v) is 8.21. The predicted molar refractivity (Wildman–Crippen MR) is 125 cm³/mol. The molecule has 0 atom stereocenters. The molecule has 1 N–H and O–H groups in total. The van der Waals surface area contributed by atoms with E-state index in [1.54, 1.807) is 0 Å². The van der Waals surface area contributed by atoms with E-state index in [0.29, 0.717) is 29.0 Å². The molecule has 0 bridgehead atoms. The van der Waals surface area contributed by atoms with E-state index in [9.17, 15) is 4.79 Å². The van der Waals surface area contributed by atoms with E-state index in [0.717, 1.165) is 30.1 Å². The average Bonchev–Trinajstić information content (AvgIpc) is 3.13. The number of para-hydroxylation sites is 1. The van der Waals surface area contributed by atoms with Gasteiger partial charge in [0, 0.05) is 41.7 Å². The molecule has 0 radical (unpaired) electrons. The summed E-state index contributed by atoms with van der Waals surface area (Å²) in [5.41, 5.74) is 2.91. The molecule has 0 aliphatic heterocycles. The Bertz CT molecular complexity index is 945. The largest absolute Gasteiger partial charge is 0.441 e. The SMILES string of the molecule is CCN(CCNC(=O)CSCc1nc(-c2ccc(Cl)cc2)oc1C)c1ccccc1. The molecule has 0 unspecified atom stereocenters. The molecule has 2 aromatic carbocycles. The molecule has 3 rings (SSSR count). The molecule has 0 aliphatic carbocycles. The summed E-state index contributed by atoms with van der Waals surface area (Å²) in [5, 5.41) is 3.67. The predicted octanol–water partition coefficient (Wildman–Crippen LogP) is 5.18. The Morgan fingerprint density at radius 2 is 1.90 bits per heavy atom. The maximum atomic E-state index is 12.2. The molecule has 3 aromatic rings. The van der Waals surface area contributed by atoms with Crippen LogP contribution in [-0.2, 0) is 10.5 Å². The first-order valence-corrected chi connectivity index (χ1v) is 11.5. The summed E-state index contributed by atoms with van der Waals surface area (Å²) in [4.78, 5) is 19.0. The van der Waals surface area contributed by atoms with Gasteiger partial charge < -0.3 is 14.6 Å². The molecule has 30 heavy (non-hydrogen) atoms. The summed E-state index contributed by atoms with van der Waals surface area (Å²) in [6.07, 6.45) is 0. The van der Waals surface area contributed by atoms with E-state index in [-0.39, 0.29) is 5.91 Å². The zero-order chi connectivity index (χ0) is 21.3. The van der Waals surface area contributed by atoms with Crippen molar-refractivity contribution >= 4 is 35.0 Å². The highest BCUT2D eigenvalue weighted by Crippen LogP contribution is 2.25. The van der Waals surface area contributed by atoms with Gasteiger partial charge in [-0.1, -0.05) is 29.8 Å². The summed E-state index contributed by atoms with van der Waals surface area (Å²) in [6.45, 7) is 6.31. The monoisotopic (exact) mass is 443 g/mol. The highest BCUT2D eigenvalue weighted by Gasteiger charge is 2.12. The fraction of sp³-hybridized carbons (Fsp3) is 0.304. The van der Waals surface area contributed by atoms with Gasteiger partial charge in [0.15, 0.2) is 0 Å². The minimum Gasteiger partial charge on any atom is -0.441 e. The summed E-state index contributed by atoms with van der Waals surface area (Å²) in [6, 6.07) is 17.6. The van der Waals surface area contributed by atoms with E-state index < -0.39 is 0 Å². The number of benzene rings is 2. The first-order chi connectivity index (χ1) is 14.6. The summed E-state index contributed by atoms with van der Waals surface area (Å²) in [7, 11) is 0. The number of hydrogen-bond acceptors (Lipinski definition) is 5. The number of oxazole rings is 1. The second-order valence-electron chi connectivity index (χ2n) is 6.79. The van der Waals surface area contributed by atoms with Crippen molar-refractivity contribution in [3.63, 3.8) is 0 Å². The van der Waals surface area contributed by atoms with Gasteiger partial charge in [0.1, 0.15) is 5.76 Å². The Morgan fingerprint density at radius 1 is 1.17 bits per heavy atom. The van der Waals surface area contributed by atoms with Gasteiger partial charge in [-0.25, -0.2) is 4.98 Å². The van der Waals surface area contributed by atoms with Crippen molar-refractivity contribution in [3.05, 3.63) is 71.1 Å². The Labute approximate surface area is 186 Å². The van der Waals surface area contributed by atoms with Gasteiger partial charge in [0.25, 0.3) is 0 Å². The number of nitrogens with one attached hydrogen (secondary N) is 1. The average molecular weight is 444 g/mol. The third kappa shape index (κ3) is 6.28. The first kappa shape index (κ1) is 22.2. The number of thioether (sulfide) groups is 1. The van der Waals surface area contributed by atoms with Crippen LogP contribution in [0.1, 0.15) is 18.4 Å². The number of aromatic nitrogens is 1. The number of aryl methyl sites for hydroxylation is 1. The molecule has 7 heteroatoms.